The fourth-order valence-corrected chi connectivity index (χ4v) is 4.90. The van der Waals surface area contributed by atoms with Crippen LogP contribution in [0.25, 0.3) is 21.9 Å². The van der Waals surface area contributed by atoms with Crippen molar-refractivity contribution >= 4 is 34.8 Å². The van der Waals surface area contributed by atoms with Gasteiger partial charge in [-0.1, -0.05) is 6.07 Å². The zero-order valence-electron chi connectivity index (χ0n) is 16.6. The molecule has 0 saturated heterocycles. The molecule has 32 heavy (non-hydrogen) atoms. The summed E-state index contributed by atoms with van der Waals surface area (Å²) in [6.07, 6.45) is 3.43. The molecule has 1 fully saturated rings. The Labute approximate surface area is 179 Å². The minimum absolute atomic E-state index is 0.0287. The Bertz CT molecular complexity index is 1530. The molecule has 0 atom stereocenters. The lowest BCUT2D eigenvalue weighted by molar-refractivity contribution is 0.174. The predicted octanol–water partition coefficient (Wildman–Crippen LogP) is 2.41. The average Bonchev–Trinajstić information content (AvgIpc) is 3.37. The number of imidazole rings is 1. The van der Waals surface area contributed by atoms with E-state index in [1.165, 1.54) is 6.07 Å². The molecule has 0 bridgehead atoms. The Morgan fingerprint density at radius 2 is 2.00 bits per heavy atom. The van der Waals surface area contributed by atoms with Crippen LogP contribution in [0, 0.1) is 5.82 Å². The molecule has 6 rings (SSSR count). The van der Waals surface area contributed by atoms with E-state index >= 15 is 0 Å². The van der Waals surface area contributed by atoms with E-state index < -0.39 is 18.7 Å². The van der Waals surface area contributed by atoms with E-state index in [1.54, 1.807) is 21.4 Å². The molecule has 0 unspecified atom stereocenters. The van der Waals surface area contributed by atoms with Crippen molar-refractivity contribution in [3.63, 3.8) is 0 Å². The number of pyridine rings is 1. The van der Waals surface area contributed by atoms with Gasteiger partial charge in [0.25, 0.3) is 0 Å². The summed E-state index contributed by atoms with van der Waals surface area (Å²) >= 11 is 0. The number of benzene rings is 2. The maximum Gasteiger partial charge on any atom is 0.359 e. The Morgan fingerprint density at radius 1 is 1.19 bits per heavy atom. The maximum atomic E-state index is 14.4. The quantitative estimate of drug-likeness (QED) is 0.452. The number of ether oxygens (including phenoxy) is 2. The number of hydrogen-bond acceptors (Lipinski definition) is 5. The molecule has 11 heteroatoms. The summed E-state index contributed by atoms with van der Waals surface area (Å²) in [5.74, 6) is 0.0827. The third-order valence-electron chi connectivity index (χ3n) is 5.87. The second-order valence-corrected chi connectivity index (χ2v) is 9.56. The SMILES string of the molecule is O=c1n(Cc2ccc(P(=O)(O)O)c(F)c2)c2c3ccc4c(c3ncc2n1C1CC1)OCO4. The minimum atomic E-state index is -4.73. The topological polar surface area (TPSA) is 116 Å². The molecule has 0 spiro atoms. The highest BCUT2D eigenvalue weighted by molar-refractivity contribution is 7.60. The van der Waals surface area contributed by atoms with Gasteiger partial charge in [-0.2, -0.15) is 0 Å². The molecular weight excluding hydrogens is 440 g/mol. The van der Waals surface area contributed by atoms with Crippen LogP contribution in [0.15, 0.2) is 41.3 Å². The second-order valence-electron chi connectivity index (χ2n) is 7.99. The first-order valence-corrected chi connectivity index (χ1v) is 11.6. The standard InChI is InChI=1S/C21H17FN3O6P/c22-14-7-11(1-6-17(14)32(27,28)29)9-24-19-13-4-5-16-20(31-10-30-16)18(13)23-8-15(19)25(21(24)26)12-2-3-12/h1,4-8,12H,2-3,9-10H2,(H2,27,28,29). The predicted molar refractivity (Wildman–Crippen MR) is 113 cm³/mol. The van der Waals surface area contributed by atoms with Gasteiger partial charge < -0.3 is 19.3 Å². The third kappa shape index (κ3) is 2.87. The van der Waals surface area contributed by atoms with E-state index in [4.69, 9.17) is 9.47 Å². The van der Waals surface area contributed by atoms with Crippen LogP contribution in [0.2, 0.25) is 0 Å². The van der Waals surface area contributed by atoms with E-state index in [0.29, 0.717) is 39.0 Å². The van der Waals surface area contributed by atoms with E-state index in [2.05, 4.69) is 4.98 Å². The van der Waals surface area contributed by atoms with Crippen LogP contribution in [0.4, 0.5) is 4.39 Å². The van der Waals surface area contributed by atoms with Crippen molar-refractivity contribution in [3.05, 3.63) is 58.4 Å². The molecule has 164 valence electrons. The summed E-state index contributed by atoms with van der Waals surface area (Å²) in [7, 11) is -4.73. The highest BCUT2D eigenvalue weighted by Gasteiger charge is 2.31. The van der Waals surface area contributed by atoms with Crippen molar-refractivity contribution in [1.82, 2.24) is 14.1 Å². The Balaban J connectivity index is 1.58. The van der Waals surface area contributed by atoms with Gasteiger partial charge in [0.2, 0.25) is 6.79 Å². The summed E-state index contributed by atoms with van der Waals surface area (Å²) in [5, 5.41) is 0.0342. The number of fused-ring (bicyclic) bond motifs is 5. The average molecular weight is 457 g/mol. The number of aromatic nitrogens is 3. The number of nitrogens with zero attached hydrogens (tertiary/aromatic N) is 3. The number of halogens is 1. The van der Waals surface area contributed by atoms with Crippen LogP contribution in [-0.2, 0) is 11.1 Å². The van der Waals surface area contributed by atoms with E-state index in [9.17, 15) is 23.5 Å². The third-order valence-corrected chi connectivity index (χ3v) is 6.86. The van der Waals surface area contributed by atoms with Crippen LogP contribution in [0.3, 0.4) is 0 Å². The first-order valence-electron chi connectivity index (χ1n) is 9.99. The van der Waals surface area contributed by atoms with Crippen LogP contribution < -0.4 is 20.5 Å². The van der Waals surface area contributed by atoms with Gasteiger partial charge in [-0.15, -0.1) is 0 Å². The molecule has 4 aromatic rings. The largest absolute Gasteiger partial charge is 0.454 e. The van der Waals surface area contributed by atoms with Gasteiger partial charge in [0.1, 0.15) is 11.3 Å². The Morgan fingerprint density at radius 3 is 2.72 bits per heavy atom. The van der Waals surface area contributed by atoms with Crippen molar-refractivity contribution in [1.29, 1.82) is 0 Å². The van der Waals surface area contributed by atoms with Crippen LogP contribution in [0.1, 0.15) is 24.4 Å². The molecule has 1 saturated carbocycles. The molecule has 0 radical (unpaired) electrons. The van der Waals surface area contributed by atoms with Crippen LogP contribution in [0.5, 0.6) is 11.5 Å². The lowest BCUT2D eigenvalue weighted by Crippen LogP contribution is -2.24. The van der Waals surface area contributed by atoms with Gasteiger partial charge in [0.15, 0.2) is 11.5 Å². The zero-order chi connectivity index (χ0) is 22.2. The minimum Gasteiger partial charge on any atom is -0.454 e. The summed E-state index contributed by atoms with van der Waals surface area (Å²) in [4.78, 5) is 36.5. The summed E-state index contributed by atoms with van der Waals surface area (Å²) in [6, 6.07) is 7.22. The second kappa shape index (κ2) is 6.65. The molecule has 1 aliphatic heterocycles. The van der Waals surface area contributed by atoms with E-state index in [-0.39, 0.29) is 25.1 Å². The van der Waals surface area contributed by atoms with Crippen molar-refractivity contribution in [2.45, 2.75) is 25.4 Å². The zero-order valence-corrected chi connectivity index (χ0v) is 17.5. The fourth-order valence-electron chi connectivity index (χ4n) is 4.29. The smallest absolute Gasteiger partial charge is 0.359 e. The van der Waals surface area contributed by atoms with Gasteiger partial charge in [0.05, 0.1) is 29.1 Å². The first-order chi connectivity index (χ1) is 15.3. The fraction of sp³-hybridized carbons (Fsp3) is 0.238. The van der Waals surface area contributed by atoms with Crippen LogP contribution >= 0.6 is 7.60 Å². The van der Waals surface area contributed by atoms with E-state index in [0.717, 1.165) is 25.0 Å². The molecule has 2 aliphatic rings. The molecular formula is C21H17FN3O6P. The van der Waals surface area contributed by atoms with Gasteiger partial charge >= 0.3 is 13.3 Å². The molecule has 9 nitrogen and oxygen atoms in total. The number of rotatable bonds is 4. The molecule has 3 heterocycles. The molecule has 1 aliphatic carbocycles. The van der Waals surface area contributed by atoms with Gasteiger partial charge in [-0.25, -0.2) is 14.2 Å². The maximum absolute atomic E-state index is 14.4. The molecule has 2 aromatic heterocycles. The first kappa shape index (κ1) is 19.5. The summed E-state index contributed by atoms with van der Waals surface area (Å²) in [6.45, 7) is 0.121. The van der Waals surface area contributed by atoms with Crippen molar-refractivity contribution in [3.8, 4) is 11.5 Å². The van der Waals surface area contributed by atoms with Gasteiger partial charge in [-0.05, 0) is 42.7 Å². The van der Waals surface area contributed by atoms with Crippen molar-refractivity contribution < 1.29 is 28.2 Å². The highest BCUT2D eigenvalue weighted by Crippen LogP contribution is 2.42. The Hall–Kier alpha value is -3.20. The lowest BCUT2D eigenvalue weighted by atomic mass is 10.1. The molecule has 2 N–H and O–H groups in total. The lowest BCUT2D eigenvalue weighted by Gasteiger charge is -2.10. The summed E-state index contributed by atoms with van der Waals surface area (Å²) in [5.41, 5.74) is 2.05. The highest BCUT2D eigenvalue weighted by atomic mass is 31.2. The van der Waals surface area contributed by atoms with Gasteiger partial charge in [-0.3, -0.25) is 13.7 Å². The normalized spacial score (nSPS) is 15.7. The van der Waals surface area contributed by atoms with Crippen molar-refractivity contribution in [2.75, 3.05) is 6.79 Å². The van der Waals surface area contributed by atoms with Crippen molar-refractivity contribution in [2.24, 2.45) is 0 Å². The number of hydrogen-bond donors (Lipinski definition) is 2. The monoisotopic (exact) mass is 457 g/mol. The molecule has 0 amide bonds. The van der Waals surface area contributed by atoms with Gasteiger partial charge in [0, 0.05) is 11.4 Å². The summed E-state index contributed by atoms with van der Waals surface area (Å²) < 4.78 is 40.1. The van der Waals surface area contributed by atoms with Crippen LogP contribution in [-0.4, -0.2) is 30.7 Å². The Kier molecular flexibility index (Phi) is 4.05. The van der Waals surface area contributed by atoms with E-state index in [1.807, 2.05) is 6.07 Å². The molecule has 2 aromatic carbocycles.